The molecule has 5 heteroatoms. The number of pyridine rings is 1. The first kappa shape index (κ1) is 9.98. The number of nitrogen functional groups attached to an aromatic ring is 1. The van der Waals surface area contributed by atoms with Crippen LogP contribution in [0, 0.1) is 9.39 Å². The van der Waals surface area contributed by atoms with Gasteiger partial charge in [0.1, 0.15) is 0 Å². The van der Waals surface area contributed by atoms with Crippen molar-refractivity contribution < 1.29 is 4.39 Å². The third kappa shape index (κ3) is 1.64. The molecule has 0 amide bonds. The Labute approximate surface area is 88.5 Å². The third-order valence-electron chi connectivity index (χ3n) is 1.48. The zero-order valence-electron chi connectivity index (χ0n) is 6.37. The second-order valence-corrected chi connectivity index (χ2v) is 3.68. The summed E-state index contributed by atoms with van der Waals surface area (Å²) in [6, 6.07) is 0. The van der Waals surface area contributed by atoms with Crippen molar-refractivity contribution in [3.05, 3.63) is 20.2 Å². The summed E-state index contributed by atoms with van der Waals surface area (Å²) in [5, 5.41) is -0.148. The molecule has 1 rings (SSSR count). The van der Waals surface area contributed by atoms with E-state index in [1.54, 1.807) is 0 Å². The minimum atomic E-state index is -0.627. The molecule has 0 aliphatic rings. The van der Waals surface area contributed by atoms with Crippen molar-refractivity contribution in [3.8, 4) is 0 Å². The van der Waals surface area contributed by atoms with Crippen LogP contribution in [-0.2, 0) is 6.42 Å². The molecule has 0 aromatic carbocycles. The first-order chi connectivity index (χ1) is 5.57. The molecule has 66 valence electrons. The van der Waals surface area contributed by atoms with E-state index in [-0.39, 0.29) is 10.8 Å². The Kier molecular flexibility index (Phi) is 3.11. The fourth-order valence-electron chi connectivity index (χ4n) is 0.814. The van der Waals surface area contributed by atoms with Gasteiger partial charge < -0.3 is 5.73 Å². The summed E-state index contributed by atoms with van der Waals surface area (Å²) in [5.74, 6) is -0.627. The van der Waals surface area contributed by atoms with E-state index in [1.165, 1.54) is 0 Å². The Bertz CT molecular complexity index is 317. The molecule has 0 saturated heterocycles. The van der Waals surface area contributed by atoms with Gasteiger partial charge in [-0.15, -0.1) is 0 Å². The average Bonchev–Trinajstić information content (AvgIpc) is 2.08. The molecule has 0 radical (unpaired) electrons. The van der Waals surface area contributed by atoms with E-state index in [9.17, 15) is 4.39 Å². The van der Waals surface area contributed by atoms with Crippen molar-refractivity contribution in [1.29, 1.82) is 0 Å². The highest BCUT2D eigenvalue weighted by atomic mass is 127. The zero-order valence-corrected chi connectivity index (χ0v) is 9.28. The molecule has 0 aliphatic heterocycles. The van der Waals surface area contributed by atoms with Gasteiger partial charge >= 0.3 is 0 Å². The van der Waals surface area contributed by atoms with Crippen LogP contribution in [0.5, 0.6) is 0 Å². The van der Waals surface area contributed by atoms with Gasteiger partial charge in [-0.2, -0.15) is 0 Å². The van der Waals surface area contributed by atoms with Crippen LogP contribution in [0.3, 0.4) is 0 Å². The van der Waals surface area contributed by atoms with E-state index < -0.39 is 5.82 Å². The molecular formula is C7H7ClFIN2. The molecule has 12 heavy (non-hydrogen) atoms. The molecule has 1 heterocycles. The lowest BCUT2D eigenvalue weighted by Crippen LogP contribution is -2.02. The predicted molar refractivity (Wildman–Crippen MR) is 55.7 cm³/mol. The fraction of sp³-hybridized carbons (Fsp3) is 0.286. The molecular weight excluding hydrogens is 293 g/mol. The van der Waals surface area contributed by atoms with E-state index in [0.29, 0.717) is 9.99 Å². The maximum absolute atomic E-state index is 13.0. The number of aryl methyl sites for hydroxylation is 1. The SMILES string of the molecule is CCc1nc(Cl)c(F)c(N)c1I. The van der Waals surface area contributed by atoms with Crippen molar-refractivity contribution in [2.24, 2.45) is 0 Å². The second kappa shape index (κ2) is 3.74. The standard InChI is InChI=1S/C7H7ClFIN2/c1-2-3-5(10)6(11)4(9)7(8)12-3/h2H2,1H3,(H2,11,12). The van der Waals surface area contributed by atoms with Crippen LogP contribution in [0.25, 0.3) is 0 Å². The number of nitrogens with zero attached hydrogens (tertiary/aromatic N) is 1. The maximum atomic E-state index is 13.0. The van der Waals surface area contributed by atoms with Crippen molar-refractivity contribution >= 4 is 39.9 Å². The van der Waals surface area contributed by atoms with Gasteiger partial charge in [-0.05, 0) is 29.0 Å². The number of anilines is 1. The Morgan fingerprint density at radius 1 is 1.67 bits per heavy atom. The van der Waals surface area contributed by atoms with Crippen molar-refractivity contribution in [3.63, 3.8) is 0 Å². The number of halogens is 3. The quantitative estimate of drug-likeness (QED) is 0.639. The Morgan fingerprint density at radius 2 is 2.25 bits per heavy atom. The highest BCUT2D eigenvalue weighted by molar-refractivity contribution is 14.1. The molecule has 0 aliphatic carbocycles. The largest absolute Gasteiger partial charge is 0.395 e. The van der Waals surface area contributed by atoms with Gasteiger partial charge in [-0.1, -0.05) is 18.5 Å². The number of hydrogen-bond acceptors (Lipinski definition) is 2. The highest BCUT2D eigenvalue weighted by Crippen LogP contribution is 2.26. The average molecular weight is 301 g/mol. The van der Waals surface area contributed by atoms with Crippen molar-refractivity contribution in [2.45, 2.75) is 13.3 Å². The van der Waals surface area contributed by atoms with Gasteiger partial charge in [0.15, 0.2) is 11.0 Å². The lowest BCUT2D eigenvalue weighted by molar-refractivity contribution is 0.623. The molecule has 0 atom stereocenters. The van der Waals surface area contributed by atoms with Crippen molar-refractivity contribution in [2.75, 3.05) is 5.73 Å². The number of rotatable bonds is 1. The lowest BCUT2D eigenvalue weighted by Gasteiger charge is -2.05. The molecule has 1 aromatic heterocycles. The second-order valence-electron chi connectivity index (χ2n) is 2.24. The number of hydrogen-bond donors (Lipinski definition) is 1. The third-order valence-corrected chi connectivity index (χ3v) is 2.93. The summed E-state index contributed by atoms with van der Waals surface area (Å²) in [6.45, 7) is 1.91. The smallest absolute Gasteiger partial charge is 0.184 e. The zero-order chi connectivity index (χ0) is 9.30. The number of nitrogens with two attached hydrogens (primary N) is 1. The first-order valence-corrected chi connectivity index (χ1v) is 4.82. The van der Waals surface area contributed by atoms with Crippen LogP contribution >= 0.6 is 34.2 Å². The molecule has 2 nitrogen and oxygen atoms in total. The Morgan fingerprint density at radius 3 is 2.75 bits per heavy atom. The monoisotopic (exact) mass is 300 g/mol. The van der Waals surface area contributed by atoms with Crippen LogP contribution in [0.2, 0.25) is 5.15 Å². The van der Waals surface area contributed by atoms with Gasteiger partial charge in [-0.25, -0.2) is 9.37 Å². The van der Waals surface area contributed by atoms with Gasteiger partial charge in [0.2, 0.25) is 0 Å². The Balaban J connectivity index is 3.39. The minimum Gasteiger partial charge on any atom is -0.395 e. The van der Waals surface area contributed by atoms with E-state index in [0.717, 1.165) is 5.69 Å². The van der Waals surface area contributed by atoms with E-state index >= 15 is 0 Å². The highest BCUT2D eigenvalue weighted by Gasteiger charge is 2.13. The van der Waals surface area contributed by atoms with Crippen LogP contribution in [0.1, 0.15) is 12.6 Å². The summed E-state index contributed by atoms with van der Waals surface area (Å²) < 4.78 is 13.6. The van der Waals surface area contributed by atoms with Gasteiger partial charge in [0.25, 0.3) is 0 Å². The first-order valence-electron chi connectivity index (χ1n) is 3.36. The Hall–Kier alpha value is -0.100. The maximum Gasteiger partial charge on any atom is 0.184 e. The van der Waals surface area contributed by atoms with Crippen LogP contribution in [0.4, 0.5) is 10.1 Å². The van der Waals surface area contributed by atoms with E-state index in [2.05, 4.69) is 4.98 Å². The van der Waals surface area contributed by atoms with Crippen LogP contribution in [-0.4, -0.2) is 4.98 Å². The van der Waals surface area contributed by atoms with Crippen LogP contribution < -0.4 is 5.73 Å². The lowest BCUT2D eigenvalue weighted by atomic mass is 10.2. The molecule has 1 aromatic rings. The molecule has 2 N–H and O–H groups in total. The normalized spacial score (nSPS) is 10.3. The molecule has 0 spiro atoms. The summed E-state index contributed by atoms with van der Waals surface area (Å²) in [7, 11) is 0. The molecule has 0 fully saturated rings. The number of aromatic nitrogens is 1. The van der Waals surface area contributed by atoms with Gasteiger partial charge in [-0.3, -0.25) is 0 Å². The summed E-state index contributed by atoms with van der Waals surface area (Å²) in [6.07, 6.45) is 0.697. The molecule has 0 unspecified atom stereocenters. The van der Waals surface area contributed by atoms with Gasteiger partial charge in [0.05, 0.1) is 15.0 Å². The summed E-state index contributed by atoms with van der Waals surface area (Å²) in [5.41, 5.74) is 6.28. The minimum absolute atomic E-state index is 0.0902. The van der Waals surface area contributed by atoms with Gasteiger partial charge in [0, 0.05) is 0 Å². The summed E-state index contributed by atoms with van der Waals surface area (Å²) >= 11 is 7.46. The molecule has 0 saturated carbocycles. The van der Waals surface area contributed by atoms with Crippen LogP contribution in [0.15, 0.2) is 0 Å². The topological polar surface area (TPSA) is 38.9 Å². The fourth-order valence-corrected chi connectivity index (χ4v) is 1.76. The predicted octanol–water partition coefficient (Wildman–Crippen LogP) is 2.62. The molecule has 0 bridgehead atoms. The van der Waals surface area contributed by atoms with E-state index in [1.807, 2.05) is 29.5 Å². The van der Waals surface area contributed by atoms with Crippen molar-refractivity contribution in [1.82, 2.24) is 4.98 Å². The van der Waals surface area contributed by atoms with E-state index in [4.69, 9.17) is 17.3 Å². The summed E-state index contributed by atoms with van der Waals surface area (Å²) in [4.78, 5) is 3.85.